The van der Waals surface area contributed by atoms with Crippen LogP contribution < -0.4 is 18.9 Å². The second-order valence-corrected chi connectivity index (χ2v) is 37.6. The standard InChI is InChI=1S/2C32H48N2O2.2C32H50N2O2/c2*1-2-3-4-5-6-7-8-9-10-11-12-13-14-15-16-22-31(35)36-30-21-19-20-29-32(30)28(27-33-29)23-26-34-24-17-18-25-34;2*1-4-7-8-9-10-11-12-13-14-15-16-17-18-19-20-24-31(35)36-30-23-21-22-29-32(30)28(27-33-29)25-26-34(5-2)6-3/h2*6-7,9-10,19-21,27,33H,2-5,8,11-18,22-26H2,1H3;2*10-11,13-14,21-23,27,33H,4-9,12,15-20,24-26H2,1-3H3/b2*7-6-,10-9-;2*11-10-,14-13-/i8D2,23D2,26D2;23D2,26D2;12D2,25D2,26D2;25D2,26D2. The van der Waals surface area contributed by atoms with E-state index in [2.05, 4.69) is 96.2 Å². The van der Waals surface area contributed by atoms with Crippen LogP contribution >= 0.6 is 0 Å². The number of unbranched alkanes of at least 4 members (excludes halogenated alkanes) is 32. The Bertz CT molecular complexity index is 5600. The van der Waals surface area contributed by atoms with Crippen molar-refractivity contribution in [2.24, 2.45) is 0 Å². The predicted molar refractivity (Wildman–Crippen MR) is 615 cm³/mol. The van der Waals surface area contributed by atoms with Crippen LogP contribution in [0.2, 0.25) is 0 Å². The predicted octanol–water partition coefficient (Wildman–Crippen LogP) is 34.6. The summed E-state index contributed by atoms with van der Waals surface area (Å²) in [5.41, 5.74) is 3.03. The van der Waals surface area contributed by atoms with E-state index in [1.54, 1.807) is 121 Å². The second kappa shape index (κ2) is 80.8. The molecule has 0 spiro atoms. The van der Waals surface area contributed by atoms with E-state index >= 15 is 0 Å². The Hall–Kier alpha value is -9.32. The van der Waals surface area contributed by atoms with E-state index in [1.807, 2.05) is 38.2 Å². The number of benzene rings is 4. The highest BCUT2D eigenvalue weighted by Gasteiger charge is 2.22. The van der Waals surface area contributed by atoms with Crippen LogP contribution in [0, 0.1) is 0 Å². The number of likely N-dealkylation sites (tertiary alicyclic amines) is 2. The van der Waals surface area contributed by atoms with Crippen LogP contribution in [0.25, 0.3) is 43.6 Å². The van der Waals surface area contributed by atoms with E-state index in [-0.39, 0.29) is 76.0 Å². The quantitative estimate of drug-likeness (QED) is 0.0123. The molecular formula is C128H196N8O8. The summed E-state index contributed by atoms with van der Waals surface area (Å²) in [6.45, 7) is 10.7. The fraction of sp³-hybridized carbons (Fsp3) is 0.594. The minimum Gasteiger partial charge on any atom is -0.426 e. The van der Waals surface area contributed by atoms with E-state index in [0.717, 1.165) is 212 Å². The Labute approximate surface area is 901 Å². The van der Waals surface area contributed by atoms with Crippen molar-refractivity contribution in [1.29, 1.82) is 0 Å². The molecule has 2 aliphatic rings. The number of H-pyrrole nitrogens is 4. The van der Waals surface area contributed by atoms with Crippen molar-refractivity contribution in [3.63, 3.8) is 0 Å². The molecule has 2 saturated heterocycles. The molecule has 0 bridgehead atoms. The van der Waals surface area contributed by atoms with Gasteiger partial charge in [0, 0.05) is 147 Å². The van der Waals surface area contributed by atoms with E-state index in [4.69, 9.17) is 46.4 Å². The van der Waals surface area contributed by atoms with Crippen LogP contribution in [0.15, 0.2) is 195 Å². The van der Waals surface area contributed by atoms with Crippen molar-refractivity contribution in [3.05, 3.63) is 217 Å². The molecule has 0 amide bonds. The zero-order chi connectivity index (χ0) is 120. The first-order valence-corrected chi connectivity index (χ1v) is 56.0. The molecule has 0 atom stereocenters. The molecule has 0 radical (unpaired) electrons. The second-order valence-electron chi connectivity index (χ2n) is 37.6. The summed E-state index contributed by atoms with van der Waals surface area (Å²) >= 11 is 0. The average molecular weight is 2000 g/mol. The van der Waals surface area contributed by atoms with E-state index in [0.29, 0.717) is 122 Å². The maximum atomic E-state index is 12.7. The van der Waals surface area contributed by atoms with E-state index in [9.17, 15) is 19.2 Å². The summed E-state index contributed by atoms with van der Waals surface area (Å²) in [5, 5.41) is 1.64. The summed E-state index contributed by atoms with van der Waals surface area (Å²) in [6.07, 6.45) is 74.7. The van der Waals surface area contributed by atoms with Crippen LogP contribution in [0.3, 0.4) is 0 Å². The SMILES string of the molecule is [2H]C([2H])(/C=C\CCCCC)/C=C\CCCCCCCC(=O)Oc1cccc2[nH]cc(C([2H])([2H])C([2H])([2H])N(CC)CC)c12.[2H]C([2H])(/C=C\CCCCC)/C=C\CCCCCCCC(=O)Oc1cccc2[nH]cc(C([2H])([2H])C([2H])([2H])N3CCCC3)c12.[2H]C([2H])(c1c[nH]c2cccc(OC(=O)CCCCCCC/C=C\C/C=C\CCCCC)c12)C([2H])([2H])N(CC)CC.[2H]C([2H])(c1c[nH]c2cccc(OC(=O)CCCCCCC/C=C\C/C=C\CCCCC)c12)C([2H])([2H])N1CCCC1. The molecule has 8 aromatic rings. The van der Waals surface area contributed by atoms with E-state index in [1.165, 1.54) is 105 Å². The highest BCUT2D eigenvalue weighted by Crippen LogP contribution is 2.35. The summed E-state index contributed by atoms with van der Waals surface area (Å²) < 4.78 is 194. The number of carbonyl (C=O) groups is 4. The third-order valence-electron chi connectivity index (χ3n) is 25.7. The summed E-state index contributed by atoms with van der Waals surface area (Å²) in [4.78, 5) is 68.8. The molecule has 16 nitrogen and oxygen atoms in total. The Kier molecular flexibility index (Phi) is 52.3. The molecule has 4 N–H and O–H groups in total. The third-order valence-corrected chi connectivity index (χ3v) is 25.7. The van der Waals surface area contributed by atoms with Crippen molar-refractivity contribution in [1.82, 2.24) is 39.5 Å². The molecule has 2 fully saturated rings. The van der Waals surface area contributed by atoms with Crippen molar-refractivity contribution < 1.29 is 65.5 Å². The maximum Gasteiger partial charge on any atom is 0.311 e. The molecule has 2 aliphatic heterocycles. The van der Waals surface area contributed by atoms with E-state index < -0.39 is 70.2 Å². The van der Waals surface area contributed by atoms with Gasteiger partial charge in [0.05, 0.1) is 0 Å². The minimum atomic E-state index is -2.36. The van der Waals surface area contributed by atoms with Gasteiger partial charge < -0.3 is 58.5 Å². The van der Waals surface area contributed by atoms with Gasteiger partial charge in [0.15, 0.2) is 0 Å². The summed E-state index contributed by atoms with van der Waals surface area (Å²) in [6, 6.07) is 20.6. The first-order chi connectivity index (χ1) is 78.4. The Morgan fingerprint density at radius 1 is 0.285 bits per heavy atom. The molecule has 144 heavy (non-hydrogen) atoms. The largest absolute Gasteiger partial charge is 0.426 e. The number of aromatic nitrogens is 4. The number of esters is 4. The number of aryl methyl sites for hydroxylation is 4. The first-order valence-electron chi connectivity index (χ1n) is 66.0. The van der Waals surface area contributed by atoms with Crippen LogP contribution in [0.1, 0.15) is 439 Å². The van der Waals surface area contributed by atoms with Gasteiger partial charge in [-0.25, -0.2) is 0 Å². The zero-order valence-electron chi connectivity index (χ0n) is 110. The minimum absolute atomic E-state index is 0.128. The number of fused-ring (bicyclic) bond motifs is 4. The fourth-order valence-electron chi connectivity index (χ4n) is 17.0. The van der Waals surface area contributed by atoms with Crippen LogP contribution in [-0.4, -0.2) is 142 Å². The van der Waals surface area contributed by atoms with Gasteiger partial charge in [0.25, 0.3) is 0 Å². The Balaban J connectivity index is 0.000000294. The lowest BCUT2D eigenvalue weighted by Gasteiger charge is -2.17. The number of carbonyl (C=O) groups excluding carboxylic acids is 4. The number of likely N-dealkylation sites (N-methyl/N-ethyl adjacent to an activating group) is 2. The molecule has 0 saturated carbocycles. The average Bonchev–Trinajstić information content (AvgIpc) is 1.59. The number of rotatable bonds is 76. The van der Waals surface area contributed by atoms with Crippen LogP contribution in [0.4, 0.5) is 0 Å². The molecule has 6 heterocycles. The Morgan fingerprint density at radius 2 is 0.507 bits per heavy atom. The number of allylic oxidation sites excluding steroid dienone is 16. The molecular weight excluding hydrogens is 1780 g/mol. The lowest BCUT2D eigenvalue weighted by molar-refractivity contribution is -0.135. The van der Waals surface area contributed by atoms with Crippen LogP contribution in [0.5, 0.6) is 23.0 Å². The number of nitrogens with one attached hydrogen (secondary N) is 4. The number of aromatic amines is 4. The number of hydrogen-bond acceptors (Lipinski definition) is 12. The van der Waals surface area contributed by atoms with Gasteiger partial charge in [0.2, 0.25) is 0 Å². The number of ether oxygens (including phenoxy) is 4. The topological polar surface area (TPSA) is 181 Å². The zero-order valence-corrected chi connectivity index (χ0v) is 89.5. The molecule has 16 heteroatoms. The van der Waals surface area contributed by atoms with Gasteiger partial charge in [-0.2, -0.15) is 0 Å². The molecule has 4 aromatic carbocycles. The molecule has 10 rings (SSSR count). The molecule has 0 unspecified atom stereocenters. The van der Waals surface area contributed by atoms with Gasteiger partial charge in [0.1, 0.15) is 23.0 Å². The normalized spacial score (nSPS) is 16.3. The monoisotopic (exact) mass is 1990 g/mol. The molecule has 796 valence electrons. The number of nitrogens with zero attached hydrogens (tertiary/aromatic N) is 4. The van der Waals surface area contributed by atoms with Crippen molar-refractivity contribution in [2.45, 2.75) is 415 Å². The van der Waals surface area contributed by atoms with Crippen molar-refractivity contribution in [3.8, 4) is 23.0 Å². The lowest BCUT2D eigenvalue weighted by atomic mass is 10.1. The third kappa shape index (κ3) is 52.8. The smallest absolute Gasteiger partial charge is 0.311 e. The van der Waals surface area contributed by atoms with Gasteiger partial charge in [-0.15, -0.1) is 0 Å². The van der Waals surface area contributed by atoms with Gasteiger partial charge in [-0.05, 0) is 328 Å². The summed E-state index contributed by atoms with van der Waals surface area (Å²) in [7, 11) is 0. The highest BCUT2D eigenvalue weighted by molar-refractivity contribution is 5.94. The van der Waals surface area contributed by atoms with Crippen LogP contribution in [-0.2, 0) is 44.7 Å². The lowest BCUT2D eigenvalue weighted by Crippen LogP contribution is -2.25. The highest BCUT2D eigenvalue weighted by atomic mass is 16.5. The first kappa shape index (κ1) is 93.2. The molecule has 4 aromatic heterocycles. The summed E-state index contributed by atoms with van der Waals surface area (Å²) in [5.74, 6) is -0.442. The molecule has 0 aliphatic carbocycles. The Morgan fingerprint density at radius 3 is 0.750 bits per heavy atom. The van der Waals surface area contributed by atoms with Crippen molar-refractivity contribution in [2.75, 3.05) is 78.3 Å². The van der Waals surface area contributed by atoms with Gasteiger partial charge >= 0.3 is 23.9 Å². The van der Waals surface area contributed by atoms with Gasteiger partial charge in [-0.1, -0.05) is 305 Å². The maximum absolute atomic E-state index is 12.7. The van der Waals surface area contributed by atoms with Crippen molar-refractivity contribution >= 4 is 67.5 Å². The fourth-order valence-corrected chi connectivity index (χ4v) is 17.0. The van der Waals surface area contributed by atoms with Gasteiger partial charge in [-0.3, -0.25) is 19.2 Å². The number of hydrogen-bond donors (Lipinski definition) is 4.